The Morgan fingerprint density at radius 2 is 1.73 bits per heavy atom. The van der Waals surface area contributed by atoms with Crippen LogP contribution in [-0.4, -0.2) is 55.5 Å². The van der Waals surface area contributed by atoms with Gasteiger partial charge in [-0.3, -0.25) is 14.5 Å². The van der Waals surface area contributed by atoms with E-state index in [2.05, 4.69) is 15.5 Å². The van der Waals surface area contributed by atoms with E-state index in [9.17, 15) is 9.59 Å². The topological polar surface area (TPSA) is 64.7 Å². The van der Waals surface area contributed by atoms with Gasteiger partial charge in [0.25, 0.3) is 0 Å². The van der Waals surface area contributed by atoms with Crippen molar-refractivity contribution in [1.82, 2.24) is 10.2 Å². The highest BCUT2D eigenvalue weighted by molar-refractivity contribution is 5.92. The molecular formula is C20H30N4O2. The summed E-state index contributed by atoms with van der Waals surface area (Å²) in [5, 5.41) is 6.09. The van der Waals surface area contributed by atoms with Crippen molar-refractivity contribution in [2.45, 2.75) is 57.2 Å². The Labute approximate surface area is 155 Å². The fourth-order valence-corrected chi connectivity index (χ4v) is 4.35. The number of anilines is 2. The lowest BCUT2D eigenvalue weighted by Gasteiger charge is -2.48. The number of nitrogens with zero attached hydrogens (tertiary/aromatic N) is 2. The van der Waals surface area contributed by atoms with Crippen LogP contribution in [-0.2, 0) is 9.59 Å². The van der Waals surface area contributed by atoms with E-state index < -0.39 is 0 Å². The molecule has 2 aliphatic rings. The van der Waals surface area contributed by atoms with Crippen molar-refractivity contribution in [2.75, 3.05) is 30.9 Å². The lowest BCUT2D eigenvalue weighted by Crippen LogP contribution is -2.58. The molecule has 6 heteroatoms. The van der Waals surface area contributed by atoms with Crippen LogP contribution in [0.5, 0.6) is 0 Å². The summed E-state index contributed by atoms with van der Waals surface area (Å²) in [6.07, 6.45) is 5.32. The third-order valence-electron chi connectivity index (χ3n) is 5.53. The van der Waals surface area contributed by atoms with E-state index in [1.54, 1.807) is 6.92 Å². The normalized spacial score (nSPS) is 25.4. The summed E-state index contributed by atoms with van der Waals surface area (Å²) in [5.41, 5.74) is 1.94. The highest BCUT2D eigenvalue weighted by Crippen LogP contribution is 2.34. The molecule has 142 valence electrons. The second-order valence-corrected chi connectivity index (χ2v) is 7.77. The lowest BCUT2D eigenvalue weighted by molar-refractivity contribution is -0.123. The van der Waals surface area contributed by atoms with Crippen LogP contribution in [0, 0.1) is 0 Å². The number of hydrogen-bond donors (Lipinski definition) is 2. The van der Waals surface area contributed by atoms with Gasteiger partial charge in [-0.05, 0) is 49.9 Å². The molecule has 2 amide bonds. The van der Waals surface area contributed by atoms with Crippen molar-refractivity contribution in [3.05, 3.63) is 24.3 Å². The monoisotopic (exact) mass is 358 g/mol. The van der Waals surface area contributed by atoms with Crippen LogP contribution in [0.4, 0.5) is 11.4 Å². The predicted molar refractivity (Wildman–Crippen MR) is 104 cm³/mol. The quantitative estimate of drug-likeness (QED) is 0.847. The van der Waals surface area contributed by atoms with E-state index >= 15 is 0 Å². The first-order chi connectivity index (χ1) is 12.4. The number of rotatable bonds is 5. The minimum absolute atomic E-state index is 0.0393. The van der Waals surface area contributed by atoms with Gasteiger partial charge in [0.15, 0.2) is 0 Å². The summed E-state index contributed by atoms with van der Waals surface area (Å²) in [7, 11) is 3.99. The average Bonchev–Trinajstić information content (AvgIpc) is 2.55. The Morgan fingerprint density at radius 3 is 2.27 bits per heavy atom. The molecule has 3 rings (SSSR count). The standard InChI is InChI=1S/C20H30N4O2/c1-14(25)21-16-11-18-5-4-6-19(12-16)24(18)13-20(26)22-15-7-9-17(10-8-15)23(2)3/h7-10,16,18-19H,4-6,11-13H2,1-3H3,(H,21,25)(H,22,26)/t18-,19-/m0/s1. The molecule has 0 radical (unpaired) electrons. The van der Waals surface area contributed by atoms with Gasteiger partial charge < -0.3 is 15.5 Å². The Balaban J connectivity index is 1.57. The number of nitrogens with one attached hydrogen (secondary N) is 2. The Morgan fingerprint density at radius 1 is 1.12 bits per heavy atom. The van der Waals surface area contributed by atoms with Gasteiger partial charge in [0.05, 0.1) is 6.54 Å². The molecule has 2 saturated heterocycles. The molecule has 0 saturated carbocycles. The molecular weight excluding hydrogens is 328 g/mol. The summed E-state index contributed by atoms with van der Waals surface area (Å²) in [6.45, 7) is 2.01. The van der Waals surface area contributed by atoms with Crippen molar-refractivity contribution in [3.8, 4) is 0 Å². The van der Waals surface area contributed by atoms with Crippen LogP contribution in [0.3, 0.4) is 0 Å². The first-order valence-corrected chi connectivity index (χ1v) is 9.52. The van der Waals surface area contributed by atoms with Gasteiger partial charge in [0.2, 0.25) is 11.8 Å². The van der Waals surface area contributed by atoms with Crippen LogP contribution >= 0.6 is 0 Å². The molecule has 6 nitrogen and oxygen atoms in total. The van der Waals surface area contributed by atoms with Crippen molar-refractivity contribution in [1.29, 1.82) is 0 Å². The molecule has 2 heterocycles. The highest BCUT2D eigenvalue weighted by Gasteiger charge is 2.39. The summed E-state index contributed by atoms with van der Waals surface area (Å²) >= 11 is 0. The molecule has 2 aliphatic heterocycles. The summed E-state index contributed by atoms with van der Waals surface area (Å²) in [4.78, 5) is 28.3. The zero-order chi connectivity index (χ0) is 18.7. The fourth-order valence-electron chi connectivity index (χ4n) is 4.35. The number of benzene rings is 1. The van der Waals surface area contributed by atoms with Crippen LogP contribution in [0.25, 0.3) is 0 Å². The first-order valence-electron chi connectivity index (χ1n) is 9.52. The molecule has 1 aromatic rings. The van der Waals surface area contributed by atoms with Gasteiger partial charge >= 0.3 is 0 Å². The van der Waals surface area contributed by atoms with Gasteiger partial charge in [-0.2, -0.15) is 0 Å². The van der Waals surface area contributed by atoms with E-state index in [0.717, 1.165) is 37.1 Å². The van der Waals surface area contributed by atoms with Gasteiger partial charge in [-0.25, -0.2) is 0 Å². The third-order valence-corrected chi connectivity index (χ3v) is 5.53. The summed E-state index contributed by atoms with van der Waals surface area (Å²) in [6, 6.07) is 8.92. The van der Waals surface area contributed by atoms with Crippen molar-refractivity contribution < 1.29 is 9.59 Å². The van der Waals surface area contributed by atoms with Crippen molar-refractivity contribution in [3.63, 3.8) is 0 Å². The van der Waals surface area contributed by atoms with E-state index in [1.807, 2.05) is 43.3 Å². The van der Waals surface area contributed by atoms with E-state index in [0.29, 0.717) is 18.6 Å². The Hall–Kier alpha value is -2.08. The number of carbonyl (C=O) groups is 2. The smallest absolute Gasteiger partial charge is 0.238 e. The molecule has 2 fully saturated rings. The van der Waals surface area contributed by atoms with Gasteiger partial charge in [-0.1, -0.05) is 6.42 Å². The van der Waals surface area contributed by atoms with Crippen LogP contribution < -0.4 is 15.5 Å². The molecule has 26 heavy (non-hydrogen) atoms. The van der Waals surface area contributed by atoms with Gasteiger partial charge in [0, 0.05) is 50.5 Å². The fraction of sp³-hybridized carbons (Fsp3) is 0.600. The second kappa shape index (κ2) is 8.08. The maximum atomic E-state index is 12.6. The molecule has 1 aromatic carbocycles. The molecule has 2 bridgehead atoms. The summed E-state index contributed by atoms with van der Waals surface area (Å²) < 4.78 is 0. The number of amides is 2. The Kier molecular flexibility index (Phi) is 5.81. The van der Waals surface area contributed by atoms with Crippen LogP contribution in [0.15, 0.2) is 24.3 Å². The zero-order valence-electron chi connectivity index (χ0n) is 16.0. The summed E-state index contributed by atoms with van der Waals surface area (Å²) in [5.74, 6) is 0.0814. The minimum atomic E-state index is 0.0393. The van der Waals surface area contributed by atoms with Crippen molar-refractivity contribution >= 4 is 23.2 Å². The third kappa shape index (κ3) is 4.55. The molecule has 0 unspecified atom stereocenters. The van der Waals surface area contributed by atoms with Gasteiger partial charge in [-0.15, -0.1) is 0 Å². The molecule has 0 spiro atoms. The largest absolute Gasteiger partial charge is 0.378 e. The maximum absolute atomic E-state index is 12.6. The Bertz CT molecular complexity index is 630. The molecule has 0 aromatic heterocycles. The van der Waals surface area contributed by atoms with Crippen LogP contribution in [0.2, 0.25) is 0 Å². The number of hydrogen-bond acceptors (Lipinski definition) is 4. The molecule has 2 atom stereocenters. The lowest BCUT2D eigenvalue weighted by atomic mass is 9.81. The number of fused-ring (bicyclic) bond motifs is 2. The average molecular weight is 358 g/mol. The second-order valence-electron chi connectivity index (χ2n) is 7.77. The minimum Gasteiger partial charge on any atom is -0.378 e. The number of piperidine rings is 2. The molecule has 0 aliphatic carbocycles. The highest BCUT2D eigenvalue weighted by atomic mass is 16.2. The van der Waals surface area contributed by atoms with E-state index in [-0.39, 0.29) is 17.9 Å². The number of carbonyl (C=O) groups excluding carboxylic acids is 2. The van der Waals surface area contributed by atoms with Crippen LogP contribution in [0.1, 0.15) is 39.0 Å². The first kappa shape index (κ1) is 18.7. The zero-order valence-corrected chi connectivity index (χ0v) is 16.0. The van der Waals surface area contributed by atoms with Gasteiger partial charge in [0.1, 0.15) is 0 Å². The maximum Gasteiger partial charge on any atom is 0.238 e. The van der Waals surface area contributed by atoms with E-state index in [4.69, 9.17) is 0 Å². The SMILES string of the molecule is CC(=O)NC1C[C@@H]2CCC[C@@H](C1)N2CC(=O)Nc1ccc(N(C)C)cc1. The van der Waals surface area contributed by atoms with E-state index in [1.165, 1.54) is 6.42 Å². The van der Waals surface area contributed by atoms with Crippen molar-refractivity contribution in [2.24, 2.45) is 0 Å². The molecule has 2 N–H and O–H groups in total. The predicted octanol–water partition coefficient (Wildman–Crippen LogP) is 2.21.